The lowest BCUT2D eigenvalue weighted by molar-refractivity contribution is 0.103. The predicted molar refractivity (Wildman–Crippen MR) is 84.8 cm³/mol. The highest BCUT2D eigenvalue weighted by atomic mass is 79.9. The molecule has 0 N–H and O–H groups in total. The van der Waals surface area contributed by atoms with E-state index in [2.05, 4.69) is 15.9 Å². The normalized spacial score (nSPS) is 10.4. The maximum Gasteiger partial charge on any atom is 0.197 e. The largest absolute Gasteiger partial charge is 0.496 e. The number of carbonyl (C=O) groups excluding carboxylic acids is 1. The number of rotatable bonds is 3. The first-order valence-corrected chi connectivity index (χ1v) is 7.20. The Kier molecular flexibility index (Phi) is 4.29. The summed E-state index contributed by atoms with van der Waals surface area (Å²) < 4.78 is 6.26. The summed E-state index contributed by atoms with van der Waals surface area (Å²) in [5.41, 5.74) is 4.47. The van der Waals surface area contributed by atoms with Crippen LogP contribution in [0.25, 0.3) is 0 Å². The van der Waals surface area contributed by atoms with Gasteiger partial charge >= 0.3 is 0 Å². The van der Waals surface area contributed by atoms with Gasteiger partial charge in [0.15, 0.2) is 5.78 Å². The lowest BCUT2D eigenvalue weighted by Crippen LogP contribution is -2.07. The standard InChI is InChI=1S/C17H17BrO2/c1-10-6-5-7-13(12(10)3)17(19)14-9-15(18)11(2)8-16(14)20-4/h5-9H,1-4H3. The van der Waals surface area contributed by atoms with Crippen molar-refractivity contribution in [1.29, 1.82) is 0 Å². The molecule has 0 spiro atoms. The summed E-state index contributed by atoms with van der Waals surface area (Å²) >= 11 is 3.48. The predicted octanol–water partition coefficient (Wildman–Crippen LogP) is 4.61. The molecule has 0 unspecified atom stereocenters. The molecule has 0 heterocycles. The highest BCUT2D eigenvalue weighted by Crippen LogP contribution is 2.29. The van der Waals surface area contributed by atoms with Crippen molar-refractivity contribution in [3.05, 3.63) is 62.6 Å². The third kappa shape index (κ3) is 2.63. The number of carbonyl (C=O) groups is 1. The maximum absolute atomic E-state index is 12.8. The second-order valence-electron chi connectivity index (χ2n) is 4.88. The molecule has 0 bridgehead atoms. The highest BCUT2D eigenvalue weighted by Gasteiger charge is 2.18. The summed E-state index contributed by atoms with van der Waals surface area (Å²) in [6, 6.07) is 9.48. The van der Waals surface area contributed by atoms with Gasteiger partial charge in [-0.2, -0.15) is 0 Å². The van der Waals surface area contributed by atoms with Gasteiger partial charge in [0.1, 0.15) is 5.75 Å². The van der Waals surface area contributed by atoms with Crippen molar-refractivity contribution >= 4 is 21.7 Å². The van der Waals surface area contributed by atoms with Crippen molar-refractivity contribution in [2.24, 2.45) is 0 Å². The van der Waals surface area contributed by atoms with Crippen molar-refractivity contribution in [3.8, 4) is 5.75 Å². The Morgan fingerprint density at radius 3 is 2.40 bits per heavy atom. The quantitative estimate of drug-likeness (QED) is 0.767. The molecule has 0 aliphatic rings. The van der Waals surface area contributed by atoms with Crippen LogP contribution in [0.5, 0.6) is 5.75 Å². The number of aryl methyl sites for hydroxylation is 2. The van der Waals surface area contributed by atoms with Crippen LogP contribution < -0.4 is 4.74 Å². The van der Waals surface area contributed by atoms with E-state index in [1.165, 1.54) is 0 Å². The Morgan fingerprint density at radius 2 is 1.75 bits per heavy atom. The fraction of sp³-hybridized carbons (Fsp3) is 0.235. The number of ether oxygens (including phenoxy) is 1. The van der Waals surface area contributed by atoms with Crippen molar-refractivity contribution in [1.82, 2.24) is 0 Å². The smallest absolute Gasteiger partial charge is 0.197 e. The summed E-state index contributed by atoms with van der Waals surface area (Å²) in [5, 5.41) is 0. The van der Waals surface area contributed by atoms with E-state index < -0.39 is 0 Å². The van der Waals surface area contributed by atoms with Crippen LogP contribution in [0.3, 0.4) is 0 Å². The molecule has 0 atom stereocenters. The van der Waals surface area contributed by atoms with Crippen LogP contribution in [0.4, 0.5) is 0 Å². The molecule has 0 aliphatic carbocycles. The second-order valence-corrected chi connectivity index (χ2v) is 5.73. The molecule has 0 amide bonds. The Labute approximate surface area is 127 Å². The molecule has 0 aliphatic heterocycles. The van der Waals surface area contributed by atoms with Crippen molar-refractivity contribution < 1.29 is 9.53 Å². The van der Waals surface area contributed by atoms with E-state index in [1.54, 1.807) is 7.11 Å². The van der Waals surface area contributed by atoms with E-state index >= 15 is 0 Å². The number of hydrogen-bond donors (Lipinski definition) is 0. The van der Waals surface area contributed by atoms with Gasteiger partial charge in [-0.05, 0) is 49.6 Å². The first-order chi connectivity index (χ1) is 9.45. The van der Waals surface area contributed by atoms with Crippen LogP contribution in [-0.2, 0) is 0 Å². The number of ketones is 1. The summed E-state index contributed by atoms with van der Waals surface area (Å²) in [6.45, 7) is 5.95. The van der Waals surface area contributed by atoms with Gasteiger partial charge in [0.25, 0.3) is 0 Å². The first-order valence-electron chi connectivity index (χ1n) is 6.40. The Morgan fingerprint density at radius 1 is 1.05 bits per heavy atom. The molecule has 0 radical (unpaired) electrons. The van der Waals surface area contributed by atoms with Gasteiger partial charge in [-0.25, -0.2) is 0 Å². The van der Waals surface area contributed by atoms with E-state index in [4.69, 9.17) is 4.74 Å². The molecule has 2 aromatic rings. The van der Waals surface area contributed by atoms with E-state index in [-0.39, 0.29) is 5.78 Å². The van der Waals surface area contributed by atoms with Gasteiger partial charge in [-0.3, -0.25) is 4.79 Å². The molecule has 0 saturated carbocycles. The molecule has 0 fully saturated rings. The van der Waals surface area contributed by atoms with Crippen LogP contribution >= 0.6 is 15.9 Å². The van der Waals surface area contributed by atoms with Gasteiger partial charge < -0.3 is 4.74 Å². The van der Waals surface area contributed by atoms with E-state index in [1.807, 2.05) is 51.1 Å². The van der Waals surface area contributed by atoms with Crippen molar-refractivity contribution in [2.75, 3.05) is 7.11 Å². The minimum absolute atomic E-state index is 0.0104. The minimum atomic E-state index is -0.0104. The number of hydrogen-bond acceptors (Lipinski definition) is 2. The zero-order valence-electron chi connectivity index (χ0n) is 12.1. The first kappa shape index (κ1) is 14.8. The molecule has 0 aromatic heterocycles. The third-order valence-electron chi connectivity index (χ3n) is 3.57. The van der Waals surface area contributed by atoms with Crippen molar-refractivity contribution in [3.63, 3.8) is 0 Å². The summed E-state index contributed by atoms with van der Waals surface area (Å²) in [7, 11) is 1.59. The zero-order chi connectivity index (χ0) is 14.9. The van der Waals surface area contributed by atoms with Crippen molar-refractivity contribution in [2.45, 2.75) is 20.8 Å². The number of halogens is 1. The van der Waals surface area contributed by atoms with E-state index in [0.717, 1.165) is 26.7 Å². The average Bonchev–Trinajstić information content (AvgIpc) is 2.43. The van der Waals surface area contributed by atoms with Gasteiger partial charge in [-0.1, -0.05) is 34.1 Å². The molecule has 20 heavy (non-hydrogen) atoms. The highest BCUT2D eigenvalue weighted by molar-refractivity contribution is 9.10. The van der Waals surface area contributed by atoms with Crippen LogP contribution in [0, 0.1) is 20.8 Å². The molecule has 2 nitrogen and oxygen atoms in total. The molecular weight excluding hydrogens is 316 g/mol. The lowest BCUT2D eigenvalue weighted by atomic mass is 9.95. The van der Waals surface area contributed by atoms with Gasteiger partial charge in [0.2, 0.25) is 0 Å². The SMILES string of the molecule is COc1cc(C)c(Br)cc1C(=O)c1cccc(C)c1C. The molecule has 2 rings (SSSR count). The Balaban J connectivity index is 2.59. The van der Waals surface area contributed by atoms with Crippen LogP contribution in [0.15, 0.2) is 34.8 Å². The van der Waals surface area contributed by atoms with Crippen LogP contribution in [-0.4, -0.2) is 12.9 Å². The zero-order valence-corrected chi connectivity index (χ0v) is 13.7. The fourth-order valence-electron chi connectivity index (χ4n) is 2.14. The van der Waals surface area contributed by atoms with Crippen LogP contribution in [0.2, 0.25) is 0 Å². The molecule has 3 heteroatoms. The molecular formula is C17H17BrO2. The Bertz CT molecular complexity index is 675. The molecule has 2 aromatic carbocycles. The fourth-order valence-corrected chi connectivity index (χ4v) is 2.49. The number of methoxy groups -OCH3 is 1. The van der Waals surface area contributed by atoms with Crippen LogP contribution in [0.1, 0.15) is 32.6 Å². The van der Waals surface area contributed by atoms with Gasteiger partial charge in [-0.15, -0.1) is 0 Å². The minimum Gasteiger partial charge on any atom is -0.496 e. The third-order valence-corrected chi connectivity index (χ3v) is 4.43. The summed E-state index contributed by atoms with van der Waals surface area (Å²) in [6.07, 6.45) is 0. The van der Waals surface area contributed by atoms with Gasteiger partial charge in [0, 0.05) is 10.0 Å². The van der Waals surface area contributed by atoms with E-state index in [9.17, 15) is 4.79 Å². The monoisotopic (exact) mass is 332 g/mol. The number of benzene rings is 2. The topological polar surface area (TPSA) is 26.3 Å². The van der Waals surface area contributed by atoms with Gasteiger partial charge in [0.05, 0.1) is 12.7 Å². The second kappa shape index (κ2) is 5.80. The lowest BCUT2D eigenvalue weighted by Gasteiger charge is -2.12. The Hall–Kier alpha value is -1.61. The average molecular weight is 333 g/mol. The molecule has 0 saturated heterocycles. The molecule has 104 valence electrons. The summed E-state index contributed by atoms with van der Waals surface area (Å²) in [4.78, 5) is 12.8. The van der Waals surface area contributed by atoms with E-state index in [0.29, 0.717) is 11.3 Å². The maximum atomic E-state index is 12.8. The summed E-state index contributed by atoms with van der Waals surface area (Å²) in [5.74, 6) is 0.598.